The summed E-state index contributed by atoms with van der Waals surface area (Å²) in [7, 11) is 0. The fourth-order valence-electron chi connectivity index (χ4n) is 0.702. The second kappa shape index (κ2) is 12.9. The fraction of sp³-hybridized carbons (Fsp3) is 0.600. The van der Waals surface area contributed by atoms with E-state index in [0.29, 0.717) is 0 Å². The fourth-order valence-corrected chi connectivity index (χ4v) is 0.702. The van der Waals surface area contributed by atoms with Crippen molar-refractivity contribution < 1.29 is 8.94 Å². The molecule has 2 rings (SSSR count). The van der Waals surface area contributed by atoms with Crippen molar-refractivity contribution >= 4 is 0 Å². The van der Waals surface area contributed by atoms with Gasteiger partial charge in [-0.3, -0.25) is 0 Å². The van der Waals surface area contributed by atoms with E-state index in [1.54, 1.807) is 6.26 Å². The molecule has 0 aromatic carbocycles. The smallest absolute Gasteiger partial charge is 0.181 e. The van der Waals surface area contributed by atoms with Gasteiger partial charge in [0.2, 0.25) is 0 Å². The van der Waals surface area contributed by atoms with Crippen LogP contribution in [-0.2, 0) is 0 Å². The van der Waals surface area contributed by atoms with E-state index in [2.05, 4.69) is 28.5 Å². The summed E-state index contributed by atoms with van der Waals surface area (Å²) in [5, 5.41) is 3.64. The summed E-state index contributed by atoms with van der Waals surface area (Å²) in [6.07, 6.45) is 4.33. The Hall–Kier alpha value is -1.58. The maximum Gasteiger partial charge on any atom is 0.181 e. The van der Waals surface area contributed by atoms with Gasteiger partial charge in [0, 0.05) is 5.56 Å². The first-order valence-electron chi connectivity index (χ1n) is 6.77. The summed E-state index contributed by atoms with van der Waals surface area (Å²) in [5.41, 5.74) is 3.06. The van der Waals surface area contributed by atoms with E-state index in [0.717, 1.165) is 22.7 Å². The summed E-state index contributed by atoms with van der Waals surface area (Å²) >= 11 is 0. The van der Waals surface area contributed by atoms with Gasteiger partial charge in [-0.25, -0.2) is 4.98 Å². The van der Waals surface area contributed by atoms with E-state index < -0.39 is 0 Å². The lowest BCUT2D eigenvalue weighted by Gasteiger charge is -1.76. The minimum Gasteiger partial charge on any atom is -0.449 e. The van der Waals surface area contributed by atoms with Crippen LogP contribution in [0.25, 0.3) is 0 Å². The van der Waals surface area contributed by atoms with Crippen LogP contribution >= 0.6 is 0 Å². The maximum atomic E-state index is 4.85. The summed E-state index contributed by atoms with van der Waals surface area (Å²) in [4.78, 5) is 3.85. The van der Waals surface area contributed by atoms with Crippen molar-refractivity contribution in [1.82, 2.24) is 10.1 Å². The largest absolute Gasteiger partial charge is 0.449 e. The number of aryl methyl sites for hydroxylation is 4. The van der Waals surface area contributed by atoms with Crippen molar-refractivity contribution in [3.05, 3.63) is 35.4 Å². The number of oxazole rings is 1. The van der Waals surface area contributed by atoms with E-state index >= 15 is 0 Å². The number of hydrogen-bond donors (Lipinski definition) is 0. The molecular formula is C15H28N2O2. The average Bonchev–Trinajstić information content (AvgIpc) is 2.94. The summed E-state index contributed by atoms with van der Waals surface area (Å²) in [6.45, 7) is 15.9. The van der Waals surface area contributed by atoms with Gasteiger partial charge in [0.1, 0.15) is 12.0 Å². The monoisotopic (exact) mass is 268 g/mol. The van der Waals surface area contributed by atoms with E-state index in [1.165, 1.54) is 12.8 Å². The maximum absolute atomic E-state index is 4.85. The Morgan fingerprint density at radius 2 is 1.53 bits per heavy atom. The van der Waals surface area contributed by atoms with Gasteiger partial charge in [0.15, 0.2) is 6.39 Å². The molecule has 0 radical (unpaired) electrons. The zero-order valence-electron chi connectivity index (χ0n) is 13.6. The lowest BCUT2D eigenvalue weighted by molar-refractivity contribution is 0.414. The Labute approximate surface area is 117 Å². The molecule has 4 nitrogen and oxygen atoms in total. The molecule has 0 aliphatic rings. The molecule has 0 atom stereocenters. The standard InChI is InChI=1S/2C5H7NO.C3H8.C2H6/c1-4-5(2)7-3-6-4;1-4-3-7-6-5(4)2;1-3-2;1-2/h2*3H,1-2H3;3H2,1-2H3;1-2H3. The highest BCUT2D eigenvalue weighted by Crippen LogP contribution is 2.00. The number of nitrogens with zero attached hydrogens (tertiary/aromatic N) is 2. The zero-order valence-corrected chi connectivity index (χ0v) is 13.6. The first-order valence-corrected chi connectivity index (χ1v) is 6.77. The van der Waals surface area contributed by atoms with Crippen LogP contribution in [0.1, 0.15) is 56.8 Å². The Morgan fingerprint density at radius 3 is 1.63 bits per heavy atom. The lowest BCUT2D eigenvalue weighted by Crippen LogP contribution is -1.69. The van der Waals surface area contributed by atoms with Crippen LogP contribution in [0.5, 0.6) is 0 Å². The minimum atomic E-state index is 0.903. The Balaban J connectivity index is 0. The molecule has 0 fully saturated rings. The molecule has 0 unspecified atom stereocenters. The van der Waals surface area contributed by atoms with Crippen molar-refractivity contribution in [2.45, 2.75) is 61.8 Å². The van der Waals surface area contributed by atoms with Crippen LogP contribution in [-0.4, -0.2) is 10.1 Å². The number of hydrogen-bond acceptors (Lipinski definition) is 4. The van der Waals surface area contributed by atoms with Crippen LogP contribution < -0.4 is 0 Å². The van der Waals surface area contributed by atoms with Crippen molar-refractivity contribution in [2.75, 3.05) is 0 Å². The Kier molecular flexibility index (Phi) is 13.4. The predicted octanol–water partition coefficient (Wildman–Crippen LogP) is 5.03. The van der Waals surface area contributed by atoms with Crippen molar-refractivity contribution in [3.8, 4) is 0 Å². The molecule has 2 aromatic heterocycles. The number of aromatic nitrogens is 2. The molecule has 0 N–H and O–H groups in total. The van der Waals surface area contributed by atoms with Gasteiger partial charge >= 0.3 is 0 Å². The molecule has 4 heteroatoms. The molecular weight excluding hydrogens is 240 g/mol. The minimum absolute atomic E-state index is 0.903. The van der Waals surface area contributed by atoms with E-state index in [9.17, 15) is 0 Å². The topological polar surface area (TPSA) is 52.1 Å². The highest BCUT2D eigenvalue weighted by Gasteiger charge is 1.91. The summed E-state index contributed by atoms with van der Waals surface area (Å²) < 4.78 is 9.45. The molecule has 0 saturated carbocycles. The molecule has 0 spiro atoms. The average molecular weight is 268 g/mol. The third kappa shape index (κ3) is 10.1. The number of rotatable bonds is 0. The van der Waals surface area contributed by atoms with Crippen LogP contribution in [0.4, 0.5) is 0 Å². The third-order valence-electron chi connectivity index (χ3n) is 1.98. The van der Waals surface area contributed by atoms with Gasteiger partial charge in [0.25, 0.3) is 0 Å². The predicted molar refractivity (Wildman–Crippen MR) is 79.3 cm³/mol. The normalized spacial score (nSPS) is 8.21. The molecule has 2 heterocycles. The molecule has 0 aliphatic heterocycles. The summed E-state index contributed by atoms with van der Waals surface area (Å²) in [5.74, 6) is 0.903. The SMILES string of the molecule is CC.CCC.Cc1conc1C.Cc1ncoc1C. The van der Waals surface area contributed by atoms with Gasteiger partial charge in [0.05, 0.1) is 11.4 Å². The summed E-state index contributed by atoms with van der Waals surface area (Å²) in [6, 6.07) is 0. The van der Waals surface area contributed by atoms with Crippen molar-refractivity contribution in [3.63, 3.8) is 0 Å². The molecule has 0 bridgehead atoms. The van der Waals surface area contributed by atoms with Gasteiger partial charge in [-0.2, -0.15) is 0 Å². The van der Waals surface area contributed by atoms with Crippen LogP contribution in [0, 0.1) is 27.7 Å². The zero-order chi connectivity index (χ0) is 15.3. The highest BCUT2D eigenvalue weighted by atomic mass is 16.5. The Morgan fingerprint density at radius 1 is 1.00 bits per heavy atom. The van der Waals surface area contributed by atoms with E-state index in [1.807, 2.05) is 41.5 Å². The van der Waals surface area contributed by atoms with E-state index in [-0.39, 0.29) is 0 Å². The molecule has 0 amide bonds. The second-order valence-electron chi connectivity index (χ2n) is 3.78. The third-order valence-corrected chi connectivity index (χ3v) is 1.98. The van der Waals surface area contributed by atoms with Crippen LogP contribution in [0.2, 0.25) is 0 Å². The molecule has 19 heavy (non-hydrogen) atoms. The quantitative estimate of drug-likeness (QED) is 0.672. The van der Waals surface area contributed by atoms with Gasteiger partial charge in [-0.15, -0.1) is 0 Å². The van der Waals surface area contributed by atoms with Crippen molar-refractivity contribution in [2.24, 2.45) is 0 Å². The molecule has 0 aliphatic carbocycles. The van der Waals surface area contributed by atoms with Gasteiger partial charge in [-0.1, -0.05) is 39.3 Å². The first kappa shape index (κ1) is 19.8. The van der Waals surface area contributed by atoms with E-state index in [4.69, 9.17) is 4.42 Å². The van der Waals surface area contributed by atoms with Crippen molar-refractivity contribution in [1.29, 1.82) is 0 Å². The van der Waals surface area contributed by atoms with Crippen LogP contribution in [0.3, 0.4) is 0 Å². The van der Waals surface area contributed by atoms with Gasteiger partial charge in [-0.05, 0) is 27.7 Å². The molecule has 110 valence electrons. The molecule has 2 aromatic rings. The lowest BCUT2D eigenvalue weighted by atomic mass is 10.3. The Bertz CT molecular complexity index is 334. The second-order valence-corrected chi connectivity index (χ2v) is 3.78. The molecule has 0 saturated heterocycles. The first-order chi connectivity index (χ1) is 9.02. The highest BCUT2D eigenvalue weighted by molar-refractivity contribution is 5.08. The van der Waals surface area contributed by atoms with Gasteiger partial charge < -0.3 is 8.94 Å². The van der Waals surface area contributed by atoms with Crippen LogP contribution in [0.15, 0.2) is 21.6 Å².